The van der Waals surface area contributed by atoms with Crippen LogP contribution >= 0.6 is 22.9 Å². The Hall–Kier alpha value is -1.52. The lowest BCUT2D eigenvalue weighted by Crippen LogP contribution is -2.31. The van der Waals surface area contributed by atoms with E-state index in [1.165, 1.54) is 11.3 Å². The van der Waals surface area contributed by atoms with Crippen molar-refractivity contribution in [1.29, 1.82) is 0 Å². The van der Waals surface area contributed by atoms with Crippen molar-refractivity contribution in [3.05, 3.63) is 51.2 Å². The van der Waals surface area contributed by atoms with Gasteiger partial charge in [-0.3, -0.25) is 4.79 Å². The molecule has 5 heteroatoms. The molecule has 1 amide bonds. The molecule has 0 saturated heterocycles. The Labute approximate surface area is 120 Å². The second kappa shape index (κ2) is 5.23. The molecule has 1 N–H and O–H groups in total. The van der Waals surface area contributed by atoms with Gasteiger partial charge in [0.25, 0.3) is 5.91 Å². The maximum absolute atomic E-state index is 12.1. The van der Waals surface area contributed by atoms with E-state index in [1.54, 1.807) is 6.07 Å². The van der Waals surface area contributed by atoms with Gasteiger partial charge in [0.1, 0.15) is 5.75 Å². The fourth-order valence-corrected chi connectivity index (χ4v) is 2.96. The van der Waals surface area contributed by atoms with Crippen LogP contribution in [0.4, 0.5) is 0 Å². The van der Waals surface area contributed by atoms with Crippen LogP contribution in [-0.2, 0) is 0 Å². The standard InChI is InChI=1S/C14H12ClNO2S/c15-9-3-4-12-10(8-9)11(5-6-18-12)16-14(17)13-2-1-7-19-13/h1-4,7-8,11H,5-6H2,(H,16,17). The number of hydrogen-bond acceptors (Lipinski definition) is 3. The lowest BCUT2D eigenvalue weighted by molar-refractivity contribution is 0.0929. The summed E-state index contributed by atoms with van der Waals surface area (Å²) in [5.41, 5.74) is 0.948. The third-order valence-corrected chi connectivity index (χ3v) is 4.17. The smallest absolute Gasteiger partial charge is 0.261 e. The van der Waals surface area contributed by atoms with Crippen LogP contribution in [0.3, 0.4) is 0 Å². The number of ether oxygens (including phenoxy) is 1. The molecule has 2 aromatic rings. The Kier molecular flexibility index (Phi) is 3.44. The topological polar surface area (TPSA) is 38.3 Å². The van der Waals surface area contributed by atoms with Crippen molar-refractivity contribution < 1.29 is 9.53 Å². The van der Waals surface area contributed by atoms with Crippen LogP contribution < -0.4 is 10.1 Å². The molecule has 2 heterocycles. The van der Waals surface area contributed by atoms with Gasteiger partial charge in [-0.15, -0.1) is 11.3 Å². The average molecular weight is 294 g/mol. The third kappa shape index (κ3) is 2.60. The molecule has 0 fully saturated rings. The Bertz CT molecular complexity index is 597. The fraction of sp³-hybridized carbons (Fsp3) is 0.214. The molecule has 0 radical (unpaired) electrons. The predicted octanol–water partition coefficient (Wildman–Crippen LogP) is 3.66. The first-order valence-corrected chi connectivity index (χ1v) is 7.26. The highest BCUT2D eigenvalue weighted by Gasteiger charge is 2.23. The molecule has 1 unspecified atom stereocenters. The van der Waals surface area contributed by atoms with Gasteiger partial charge in [-0.2, -0.15) is 0 Å². The summed E-state index contributed by atoms with van der Waals surface area (Å²) in [6, 6.07) is 9.14. The summed E-state index contributed by atoms with van der Waals surface area (Å²) in [4.78, 5) is 12.8. The van der Waals surface area contributed by atoms with Crippen molar-refractivity contribution in [2.75, 3.05) is 6.61 Å². The molecular weight excluding hydrogens is 282 g/mol. The van der Waals surface area contributed by atoms with E-state index >= 15 is 0 Å². The van der Waals surface area contributed by atoms with E-state index in [0.29, 0.717) is 11.6 Å². The Balaban J connectivity index is 1.84. The number of amides is 1. The Morgan fingerprint density at radius 1 is 1.42 bits per heavy atom. The average Bonchev–Trinajstić information content (AvgIpc) is 2.93. The summed E-state index contributed by atoms with van der Waals surface area (Å²) < 4.78 is 5.57. The normalized spacial score (nSPS) is 17.4. The van der Waals surface area contributed by atoms with Crippen LogP contribution in [0.15, 0.2) is 35.7 Å². The number of halogens is 1. The number of hydrogen-bond donors (Lipinski definition) is 1. The van der Waals surface area contributed by atoms with Gasteiger partial charge in [-0.25, -0.2) is 0 Å². The first-order chi connectivity index (χ1) is 9.24. The summed E-state index contributed by atoms with van der Waals surface area (Å²) in [6.07, 6.45) is 0.754. The monoisotopic (exact) mass is 293 g/mol. The van der Waals surface area contributed by atoms with Crippen molar-refractivity contribution in [2.45, 2.75) is 12.5 Å². The number of thiophene rings is 1. The number of fused-ring (bicyclic) bond motifs is 1. The van der Waals surface area contributed by atoms with Crippen molar-refractivity contribution in [3.8, 4) is 5.75 Å². The lowest BCUT2D eigenvalue weighted by Gasteiger charge is -2.26. The molecule has 0 saturated carbocycles. The number of carbonyl (C=O) groups excluding carboxylic acids is 1. The van der Waals surface area contributed by atoms with Gasteiger partial charge in [0.15, 0.2) is 0 Å². The van der Waals surface area contributed by atoms with Gasteiger partial charge in [0.2, 0.25) is 0 Å². The fourth-order valence-electron chi connectivity index (χ4n) is 2.15. The summed E-state index contributed by atoms with van der Waals surface area (Å²) >= 11 is 7.45. The molecule has 1 aromatic heterocycles. The molecule has 1 aliphatic heterocycles. The molecule has 19 heavy (non-hydrogen) atoms. The third-order valence-electron chi connectivity index (χ3n) is 3.06. The lowest BCUT2D eigenvalue weighted by atomic mass is 10.0. The zero-order chi connectivity index (χ0) is 13.2. The number of nitrogens with one attached hydrogen (secondary N) is 1. The molecular formula is C14H12ClNO2S. The quantitative estimate of drug-likeness (QED) is 0.918. The molecule has 3 rings (SSSR count). The Morgan fingerprint density at radius 3 is 3.11 bits per heavy atom. The van der Waals surface area contributed by atoms with Gasteiger partial charge in [-0.1, -0.05) is 17.7 Å². The van der Waals surface area contributed by atoms with Gasteiger partial charge in [0.05, 0.1) is 17.5 Å². The van der Waals surface area contributed by atoms with Crippen molar-refractivity contribution in [1.82, 2.24) is 5.32 Å². The highest BCUT2D eigenvalue weighted by atomic mass is 35.5. The van der Waals surface area contributed by atoms with Crippen molar-refractivity contribution >= 4 is 28.8 Å². The molecule has 3 nitrogen and oxygen atoms in total. The van der Waals surface area contributed by atoms with Gasteiger partial charge in [-0.05, 0) is 29.6 Å². The number of rotatable bonds is 2. The van der Waals surface area contributed by atoms with Gasteiger partial charge < -0.3 is 10.1 Å². The van der Waals surface area contributed by atoms with E-state index in [4.69, 9.17) is 16.3 Å². The van der Waals surface area contributed by atoms with E-state index in [0.717, 1.165) is 22.6 Å². The maximum atomic E-state index is 12.1. The molecule has 0 spiro atoms. The predicted molar refractivity (Wildman–Crippen MR) is 76.1 cm³/mol. The van der Waals surface area contributed by atoms with E-state index in [9.17, 15) is 4.79 Å². The van der Waals surface area contributed by atoms with E-state index in [2.05, 4.69) is 5.32 Å². The van der Waals surface area contributed by atoms with E-state index in [-0.39, 0.29) is 11.9 Å². The molecule has 0 aliphatic carbocycles. The minimum atomic E-state index is -0.0483. The van der Waals surface area contributed by atoms with Crippen LogP contribution in [0.1, 0.15) is 27.7 Å². The highest BCUT2D eigenvalue weighted by Crippen LogP contribution is 2.34. The molecule has 1 aromatic carbocycles. The number of benzene rings is 1. The first kappa shape index (κ1) is 12.5. The van der Waals surface area contributed by atoms with Crippen LogP contribution in [-0.4, -0.2) is 12.5 Å². The van der Waals surface area contributed by atoms with E-state index < -0.39 is 0 Å². The van der Waals surface area contributed by atoms with Crippen LogP contribution in [0.2, 0.25) is 5.02 Å². The summed E-state index contributed by atoms with van der Waals surface area (Å²) in [5, 5.41) is 5.58. The molecule has 1 aliphatic rings. The summed E-state index contributed by atoms with van der Waals surface area (Å²) in [5.74, 6) is 0.750. The minimum absolute atomic E-state index is 0.0444. The van der Waals surface area contributed by atoms with Gasteiger partial charge >= 0.3 is 0 Å². The molecule has 1 atom stereocenters. The largest absolute Gasteiger partial charge is 0.493 e. The maximum Gasteiger partial charge on any atom is 0.261 e. The summed E-state index contributed by atoms with van der Waals surface area (Å²) in [7, 11) is 0. The highest BCUT2D eigenvalue weighted by molar-refractivity contribution is 7.12. The number of carbonyl (C=O) groups is 1. The Morgan fingerprint density at radius 2 is 2.32 bits per heavy atom. The first-order valence-electron chi connectivity index (χ1n) is 6.00. The van der Waals surface area contributed by atoms with Gasteiger partial charge in [0, 0.05) is 17.0 Å². The second-order valence-electron chi connectivity index (χ2n) is 4.32. The van der Waals surface area contributed by atoms with E-state index in [1.807, 2.05) is 29.6 Å². The second-order valence-corrected chi connectivity index (χ2v) is 5.71. The van der Waals surface area contributed by atoms with Crippen molar-refractivity contribution in [2.24, 2.45) is 0 Å². The SMILES string of the molecule is O=C(NC1CCOc2ccc(Cl)cc21)c1cccs1. The molecule has 0 bridgehead atoms. The summed E-state index contributed by atoms with van der Waals surface area (Å²) in [6.45, 7) is 0.601. The zero-order valence-corrected chi connectivity index (χ0v) is 11.6. The minimum Gasteiger partial charge on any atom is -0.493 e. The van der Waals surface area contributed by atoms with Crippen LogP contribution in [0.25, 0.3) is 0 Å². The zero-order valence-electron chi connectivity index (χ0n) is 10.1. The molecule has 98 valence electrons. The van der Waals surface area contributed by atoms with Crippen LogP contribution in [0.5, 0.6) is 5.75 Å². The van der Waals surface area contributed by atoms with Crippen molar-refractivity contribution in [3.63, 3.8) is 0 Å². The van der Waals surface area contributed by atoms with Crippen LogP contribution in [0, 0.1) is 0 Å².